The topological polar surface area (TPSA) is 187 Å². The third-order valence-corrected chi connectivity index (χ3v) is 6.34. The number of amides is 3. The van der Waals surface area contributed by atoms with Gasteiger partial charge in [0.15, 0.2) is 0 Å². The molecule has 0 bridgehead atoms. The van der Waals surface area contributed by atoms with Gasteiger partial charge in [-0.1, -0.05) is 52.3 Å². The number of aliphatic hydroxyl groups is 1. The summed E-state index contributed by atoms with van der Waals surface area (Å²) in [7, 11) is 0. The average Bonchev–Trinajstić information content (AvgIpc) is 3.26. The maximum absolute atomic E-state index is 13.4. The van der Waals surface area contributed by atoms with Crippen LogP contribution >= 0.6 is 0 Å². The van der Waals surface area contributed by atoms with Gasteiger partial charge in [0.2, 0.25) is 17.7 Å². The number of nitrogens with two attached hydrogens (primary N) is 1. The lowest BCUT2D eigenvalue weighted by Gasteiger charge is -2.28. The van der Waals surface area contributed by atoms with Crippen molar-refractivity contribution in [2.75, 3.05) is 6.61 Å². The van der Waals surface area contributed by atoms with E-state index in [0.29, 0.717) is 6.42 Å². The summed E-state index contributed by atoms with van der Waals surface area (Å²) in [6.07, 6.45) is 2.40. The van der Waals surface area contributed by atoms with Gasteiger partial charge in [-0.25, -0.2) is 4.79 Å². The Hall–Kier alpha value is -3.44. The van der Waals surface area contributed by atoms with Gasteiger partial charge in [0.05, 0.1) is 12.6 Å². The molecule has 11 heteroatoms. The second-order valence-electron chi connectivity index (χ2n) is 9.35. The Bertz CT molecular complexity index is 1070. The molecule has 0 radical (unpaired) electrons. The molecule has 11 nitrogen and oxygen atoms in total. The highest BCUT2D eigenvalue weighted by Crippen LogP contribution is 2.20. The van der Waals surface area contributed by atoms with Gasteiger partial charge >= 0.3 is 5.97 Å². The summed E-state index contributed by atoms with van der Waals surface area (Å²) in [6.45, 7) is 6.35. The number of hydrogen-bond acceptors (Lipinski definition) is 6. The van der Waals surface area contributed by atoms with E-state index in [2.05, 4.69) is 20.9 Å². The van der Waals surface area contributed by atoms with Crippen molar-refractivity contribution in [3.05, 3.63) is 36.0 Å². The van der Waals surface area contributed by atoms with E-state index < -0.39 is 54.5 Å². The zero-order valence-electron chi connectivity index (χ0n) is 21.1. The van der Waals surface area contributed by atoms with Crippen LogP contribution in [0.15, 0.2) is 30.5 Å². The van der Waals surface area contributed by atoms with Crippen LogP contribution in [0.5, 0.6) is 0 Å². The van der Waals surface area contributed by atoms with Crippen LogP contribution in [0.4, 0.5) is 0 Å². The molecule has 1 aromatic carbocycles. The van der Waals surface area contributed by atoms with Crippen molar-refractivity contribution >= 4 is 34.6 Å². The Morgan fingerprint density at radius 3 is 2.19 bits per heavy atom. The lowest BCUT2D eigenvalue weighted by Crippen LogP contribution is -2.59. The van der Waals surface area contributed by atoms with Crippen molar-refractivity contribution in [2.45, 2.75) is 64.7 Å². The second-order valence-corrected chi connectivity index (χ2v) is 9.35. The number of hydrogen-bond donors (Lipinski definition) is 7. The summed E-state index contributed by atoms with van der Waals surface area (Å²) in [5.41, 5.74) is 7.66. The summed E-state index contributed by atoms with van der Waals surface area (Å²) in [4.78, 5) is 53.5. The lowest BCUT2D eigenvalue weighted by atomic mass is 9.96. The number of benzene rings is 1. The number of aromatic amines is 1. The fraction of sp³-hybridized carbons (Fsp3) is 0.520. The van der Waals surface area contributed by atoms with Crippen LogP contribution in [0.3, 0.4) is 0 Å². The van der Waals surface area contributed by atoms with E-state index >= 15 is 0 Å². The third-order valence-electron chi connectivity index (χ3n) is 6.34. The van der Waals surface area contributed by atoms with Gasteiger partial charge < -0.3 is 36.9 Å². The summed E-state index contributed by atoms with van der Waals surface area (Å²) in [5.74, 6) is -3.76. The number of carboxylic acid groups (broad SMARTS) is 1. The minimum absolute atomic E-state index is 0.135. The Morgan fingerprint density at radius 2 is 1.61 bits per heavy atom. The molecule has 5 unspecified atom stereocenters. The van der Waals surface area contributed by atoms with Gasteiger partial charge in [-0.05, 0) is 23.5 Å². The molecule has 1 heterocycles. The summed E-state index contributed by atoms with van der Waals surface area (Å²) < 4.78 is 0. The molecule has 8 N–H and O–H groups in total. The smallest absolute Gasteiger partial charge is 0.328 e. The highest BCUT2D eigenvalue weighted by molar-refractivity contribution is 5.95. The van der Waals surface area contributed by atoms with E-state index in [1.807, 2.05) is 31.2 Å². The fourth-order valence-electron chi connectivity index (χ4n) is 3.70. The third kappa shape index (κ3) is 7.28. The van der Waals surface area contributed by atoms with Gasteiger partial charge in [0.25, 0.3) is 0 Å². The summed E-state index contributed by atoms with van der Waals surface area (Å²) >= 11 is 0. The molecule has 2 rings (SSSR count). The molecular weight excluding hydrogens is 466 g/mol. The number of carbonyl (C=O) groups is 4. The van der Waals surface area contributed by atoms with Gasteiger partial charge in [0.1, 0.15) is 18.1 Å². The van der Waals surface area contributed by atoms with E-state index in [-0.39, 0.29) is 18.3 Å². The number of rotatable bonds is 13. The van der Waals surface area contributed by atoms with Crippen molar-refractivity contribution < 1.29 is 29.4 Å². The molecule has 198 valence electrons. The number of fused-ring (bicyclic) bond motifs is 1. The number of aromatic nitrogens is 1. The molecule has 0 saturated heterocycles. The SMILES string of the molecule is CCC(C)C(NC(=O)C(Cc1c[nH]c2ccccc12)NC(=O)C(N)C(C)C)C(=O)NC(CO)C(=O)O. The first-order valence-electron chi connectivity index (χ1n) is 12.0. The molecular formula is C25H37N5O6. The normalized spacial score (nSPS) is 15.5. The van der Waals surface area contributed by atoms with Crippen LogP contribution in [0.25, 0.3) is 10.9 Å². The van der Waals surface area contributed by atoms with Crippen LogP contribution in [0, 0.1) is 11.8 Å². The van der Waals surface area contributed by atoms with Gasteiger partial charge in [-0.2, -0.15) is 0 Å². The van der Waals surface area contributed by atoms with E-state index in [1.165, 1.54) is 0 Å². The maximum atomic E-state index is 13.4. The molecule has 0 aliphatic heterocycles. The quantitative estimate of drug-likeness (QED) is 0.204. The largest absolute Gasteiger partial charge is 0.480 e. The van der Waals surface area contributed by atoms with E-state index in [0.717, 1.165) is 16.5 Å². The predicted octanol–water partition coefficient (Wildman–Crippen LogP) is 0.271. The molecule has 0 aliphatic carbocycles. The molecule has 5 atom stereocenters. The highest BCUT2D eigenvalue weighted by Gasteiger charge is 2.33. The molecule has 1 aromatic heterocycles. The highest BCUT2D eigenvalue weighted by atomic mass is 16.4. The number of para-hydroxylation sites is 1. The number of H-pyrrole nitrogens is 1. The second kappa shape index (κ2) is 13.0. The first kappa shape index (κ1) is 28.8. The maximum Gasteiger partial charge on any atom is 0.328 e. The molecule has 0 saturated carbocycles. The molecule has 0 fully saturated rings. The standard InChI is InChI=1S/C25H37N5O6/c1-5-14(4)21(24(34)29-19(12-31)25(35)36)30-22(32)18(28-23(33)20(26)13(2)3)10-15-11-27-17-9-7-6-8-16(15)17/h6-9,11,13-14,18-21,27,31H,5,10,12,26H2,1-4H3,(H,28,33)(H,29,34)(H,30,32)(H,35,36). The average molecular weight is 504 g/mol. The number of carbonyl (C=O) groups excluding carboxylic acids is 3. The van der Waals surface area contributed by atoms with Gasteiger partial charge in [-0.15, -0.1) is 0 Å². The van der Waals surface area contributed by atoms with Gasteiger partial charge in [-0.3, -0.25) is 14.4 Å². The number of aliphatic hydroxyl groups excluding tert-OH is 1. The Kier molecular flexibility index (Phi) is 10.4. The Labute approximate surface area is 210 Å². The number of nitrogens with one attached hydrogen (secondary N) is 4. The van der Waals surface area contributed by atoms with Crippen molar-refractivity contribution in [3.8, 4) is 0 Å². The molecule has 2 aromatic rings. The molecule has 0 aliphatic rings. The van der Waals surface area contributed by atoms with Crippen LogP contribution < -0.4 is 21.7 Å². The minimum Gasteiger partial charge on any atom is -0.480 e. The first-order valence-corrected chi connectivity index (χ1v) is 12.0. The van der Waals surface area contributed by atoms with Crippen molar-refractivity contribution in [1.82, 2.24) is 20.9 Å². The first-order chi connectivity index (χ1) is 17.0. The predicted molar refractivity (Wildman–Crippen MR) is 135 cm³/mol. The Balaban J connectivity index is 2.32. The Morgan fingerprint density at radius 1 is 0.972 bits per heavy atom. The van der Waals surface area contributed by atoms with Gasteiger partial charge in [0, 0.05) is 23.5 Å². The van der Waals surface area contributed by atoms with E-state index in [9.17, 15) is 29.4 Å². The van der Waals surface area contributed by atoms with Crippen molar-refractivity contribution in [1.29, 1.82) is 0 Å². The lowest BCUT2D eigenvalue weighted by molar-refractivity contribution is -0.143. The van der Waals surface area contributed by atoms with Crippen LogP contribution in [-0.2, 0) is 25.6 Å². The van der Waals surface area contributed by atoms with Crippen LogP contribution in [-0.4, -0.2) is 69.7 Å². The molecule has 36 heavy (non-hydrogen) atoms. The van der Waals surface area contributed by atoms with E-state index in [1.54, 1.807) is 27.0 Å². The van der Waals surface area contributed by atoms with E-state index in [4.69, 9.17) is 5.73 Å². The zero-order valence-corrected chi connectivity index (χ0v) is 21.1. The number of aliphatic carboxylic acids is 1. The van der Waals surface area contributed by atoms with Crippen molar-refractivity contribution in [3.63, 3.8) is 0 Å². The molecule has 0 spiro atoms. The summed E-state index contributed by atoms with van der Waals surface area (Å²) in [5, 5.41) is 27.0. The summed E-state index contributed by atoms with van der Waals surface area (Å²) in [6, 6.07) is 3.06. The monoisotopic (exact) mass is 503 g/mol. The minimum atomic E-state index is -1.51. The van der Waals surface area contributed by atoms with Crippen LogP contribution in [0.2, 0.25) is 0 Å². The van der Waals surface area contributed by atoms with Crippen LogP contribution in [0.1, 0.15) is 39.7 Å². The number of carboxylic acids is 1. The zero-order chi connectivity index (χ0) is 27.0. The molecule has 3 amide bonds. The fourth-order valence-corrected chi connectivity index (χ4v) is 3.70. The van der Waals surface area contributed by atoms with Crippen molar-refractivity contribution in [2.24, 2.45) is 17.6 Å².